The summed E-state index contributed by atoms with van der Waals surface area (Å²) >= 11 is 0. The summed E-state index contributed by atoms with van der Waals surface area (Å²) in [6.07, 6.45) is 19.0. The van der Waals surface area contributed by atoms with Crippen molar-refractivity contribution in [3.63, 3.8) is 0 Å². The van der Waals surface area contributed by atoms with Crippen LogP contribution in [0.4, 0.5) is 0 Å². The largest absolute Gasteiger partial charge is 2.00 e. The van der Waals surface area contributed by atoms with Crippen LogP contribution in [0.3, 0.4) is 0 Å². The van der Waals surface area contributed by atoms with Gasteiger partial charge in [-0.1, -0.05) is 96.8 Å². The molecule has 0 amide bonds. The van der Waals surface area contributed by atoms with E-state index >= 15 is 0 Å². The molecule has 0 spiro atoms. The van der Waals surface area contributed by atoms with Gasteiger partial charge in [0, 0.05) is 19.4 Å². The van der Waals surface area contributed by atoms with E-state index < -0.39 is 19.0 Å². The maximum absolute atomic E-state index is 11.4. The molecule has 1 unspecified atom stereocenters. The third-order valence-electron chi connectivity index (χ3n) is 4.63. The first-order valence-corrected chi connectivity index (χ1v) is 11.6. The van der Waals surface area contributed by atoms with E-state index in [0.717, 1.165) is 12.8 Å². The van der Waals surface area contributed by atoms with Crippen LogP contribution in [0.1, 0.15) is 110 Å². The topological polar surface area (TPSA) is 147 Å². The Hall–Kier alpha value is -0.410. The van der Waals surface area contributed by atoms with E-state index in [1.54, 1.807) is 0 Å². The van der Waals surface area contributed by atoms with Gasteiger partial charge in [-0.25, -0.2) is 0 Å². The number of aliphatic hydroxyl groups is 2. The fourth-order valence-electron chi connectivity index (χ4n) is 2.95. The fraction of sp³-hybridized carbons (Fsp3) is 0.870. The van der Waals surface area contributed by atoms with Crippen molar-refractivity contribution in [3.05, 3.63) is 0 Å². The molecule has 8 nitrogen and oxygen atoms in total. The quantitative estimate of drug-likeness (QED) is 0.120. The minimum atomic E-state index is -0.954. The van der Waals surface area contributed by atoms with Crippen molar-refractivity contribution >= 4 is 56.7 Å². The van der Waals surface area contributed by atoms with Crippen LogP contribution in [-0.2, 0) is 19.1 Å². The van der Waals surface area contributed by atoms with E-state index in [1.165, 1.54) is 83.5 Å². The van der Waals surface area contributed by atoms with Gasteiger partial charge in [0.1, 0.15) is 12.7 Å². The Kier molecular flexibility index (Phi) is 46.0. The minimum Gasteiger partial charge on any atom is -0.554 e. The van der Waals surface area contributed by atoms with Crippen molar-refractivity contribution in [1.82, 2.24) is 0 Å². The summed E-state index contributed by atoms with van der Waals surface area (Å²) in [4.78, 5) is 27.9. The van der Waals surface area contributed by atoms with Crippen LogP contribution in [0.15, 0.2) is 0 Å². The number of unbranched alkanes of at least 4 members (excludes halogenated alkanes) is 14. The third kappa shape index (κ3) is 43.5. The zero-order valence-corrected chi connectivity index (χ0v) is 22.2. The second-order valence-corrected chi connectivity index (χ2v) is 7.41. The molecule has 0 aromatic heterocycles. The molecule has 1 atom stereocenters. The van der Waals surface area contributed by atoms with Crippen LogP contribution in [-0.4, -0.2) is 86.2 Å². The molecule has 0 bridgehead atoms. The van der Waals surface area contributed by atoms with E-state index in [0.29, 0.717) is 6.42 Å². The number of esters is 1. The van der Waals surface area contributed by atoms with Crippen LogP contribution >= 0.6 is 0 Å². The summed E-state index contributed by atoms with van der Waals surface area (Å²) in [7, 11) is 0. The molecule has 0 heterocycles. The molecule has 0 saturated carbocycles. The molecule has 32 heavy (non-hydrogen) atoms. The zero-order chi connectivity index (χ0) is 24.0. The molecule has 0 saturated heterocycles. The zero-order valence-electron chi connectivity index (χ0n) is 20.0. The first-order chi connectivity index (χ1) is 15.0. The Balaban J connectivity index is -0.000000499. The Morgan fingerprint density at radius 2 is 1.09 bits per heavy atom. The normalized spacial score (nSPS) is 10.3. The van der Waals surface area contributed by atoms with Gasteiger partial charge >= 0.3 is 43.7 Å². The Bertz CT molecular complexity index is 364. The van der Waals surface area contributed by atoms with Gasteiger partial charge in [-0.15, -0.1) is 0 Å². The molecule has 9 heteroatoms. The number of rotatable bonds is 19. The molecule has 0 fully saturated rings. The van der Waals surface area contributed by atoms with Gasteiger partial charge in [0.25, 0.3) is 0 Å². The predicted molar refractivity (Wildman–Crippen MR) is 121 cm³/mol. The van der Waals surface area contributed by atoms with Crippen molar-refractivity contribution in [2.24, 2.45) is 0 Å². The smallest absolute Gasteiger partial charge is 0.554 e. The molecule has 0 aliphatic carbocycles. The summed E-state index contributed by atoms with van der Waals surface area (Å²) in [5, 5.41) is 34.2. The van der Waals surface area contributed by atoms with Crippen molar-refractivity contribution in [1.29, 1.82) is 0 Å². The fourth-order valence-corrected chi connectivity index (χ4v) is 2.95. The number of carbonyl (C=O) groups excluding carboxylic acids is 3. The number of ether oxygens (including phenoxy) is 1. The first kappa shape index (κ1) is 38.8. The van der Waals surface area contributed by atoms with Crippen LogP contribution < -0.4 is 10.2 Å². The van der Waals surface area contributed by atoms with Crippen molar-refractivity contribution < 1.29 is 39.5 Å². The van der Waals surface area contributed by atoms with Gasteiger partial charge in [0.15, 0.2) is 0 Å². The van der Waals surface area contributed by atoms with Gasteiger partial charge in [-0.2, -0.15) is 0 Å². The average molecular weight is 489 g/mol. The Morgan fingerprint density at radius 1 is 0.781 bits per heavy atom. The van der Waals surface area contributed by atoms with E-state index in [-0.39, 0.29) is 56.9 Å². The summed E-state index contributed by atoms with van der Waals surface area (Å²) in [5.74, 6) is -0.276. The summed E-state index contributed by atoms with van der Waals surface area (Å²) in [6.45, 7) is 0.793. The summed E-state index contributed by atoms with van der Waals surface area (Å²) < 4.78 is 4.86. The molecule has 2 N–H and O–H groups in total. The van der Waals surface area contributed by atoms with E-state index in [1.807, 2.05) is 0 Å². The average Bonchev–Trinajstić information content (AvgIpc) is 2.75. The first-order valence-electron chi connectivity index (χ1n) is 11.6. The SMILES string of the molecule is CCCCCCCCCCCCCCCCCC(=O)OCC(O)CO.O=C[O-].O=C[O-].[Ca+2]. The molecule has 0 aromatic carbocycles. The van der Waals surface area contributed by atoms with E-state index in [2.05, 4.69) is 6.92 Å². The number of hydrogen-bond acceptors (Lipinski definition) is 8. The minimum absolute atomic E-state index is 0. The van der Waals surface area contributed by atoms with E-state index in [4.69, 9.17) is 34.8 Å². The third-order valence-corrected chi connectivity index (χ3v) is 4.63. The number of hydrogen-bond donors (Lipinski definition) is 2. The summed E-state index contributed by atoms with van der Waals surface area (Å²) in [6, 6.07) is 0. The number of carbonyl (C=O) groups is 3. The predicted octanol–water partition coefficient (Wildman–Crippen LogP) is 1.50. The van der Waals surface area contributed by atoms with Crippen LogP contribution in [0.2, 0.25) is 0 Å². The number of aliphatic hydroxyl groups excluding tert-OH is 2. The van der Waals surface area contributed by atoms with Crippen molar-refractivity contribution in [2.45, 2.75) is 116 Å². The Morgan fingerprint density at radius 3 is 1.41 bits per heavy atom. The molecule has 0 aliphatic rings. The molecule has 0 rings (SSSR count). The van der Waals surface area contributed by atoms with Gasteiger partial charge in [-0.3, -0.25) is 4.79 Å². The van der Waals surface area contributed by atoms with Crippen molar-refractivity contribution in [3.8, 4) is 0 Å². The van der Waals surface area contributed by atoms with Crippen molar-refractivity contribution in [2.75, 3.05) is 13.2 Å². The monoisotopic (exact) mass is 488 g/mol. The van der Waals surface area contributed by atoms with Crippen LogP contribution in [0.5, 0.6) is 0 Å². The van der Waals surface area contributed by atoms with Gasteiger partial charge < -0.3 is 34.8 Å². The van der Waals surface area contributed by atoms with E-state index in [9.17, 15) is 4.79 Å². The number of carboxylic acid groups (broad SMARTS) is 2. The molecule has 0 aromatic rings. The van der Waals surface area contributed by atoms with Crippen LogP contribution in [0.25, 0.3) is 0 Å². The second-order valence-electron chi connectivity index (χ2n) is 7.41. The van der Waals surface area contributed by atoms with Gasteiger partial charge in [0.05, 0.1) is 6.61 Å². The summed E-state index contributed by atoms with van der Waals surface area (Å²) in [5.41, 5.74) is 0. The standard InChI is InChI=1S/C21H42O4.2CH2O2.Ca/c1-2-3-4-5-6-7-8-9-10-11-12-13-14-15-16-17-21(24)25-19-20(23)18-22;2*2-1-3;/h20,22-23H,2-19H2,1H3;2*1H,(H,2,3);/q;;;+2/p-2. The molecule has 186 valence electrons. The maximum atomic E-state index is 11.4. The molecule has 0 radical (unpaired) electrons. The Labute approximate surface area is 224 Å². The van der Waals surface area contributed by atoms with Gasteiger partial charge in [-0.05, 0) is 6.42 Å². The van der Waals surface area contributed by atoms with Gasteiger partial charge in [0.2, 0.25) is 0 Å². The molecular formula is C23H44CaO8. The maximum Gasteiger partial charge on any atom is 2.00 e. The second kappa shape index (κ2) is 37.9. The molecule has 0 aliphatic heterocycles. The van der Waals surface area contributed by atoms with Crippen LogP contribution in [0, 0.1) is 0 Å². The molecular weight excluding hydrogens is 444 g/mol.